The van der Waals surface area contributed by atoms with Gasteiger partial charge in [-0.15, -0.1) is 0 Å². The molecule has 0 atom stereocenters. The van der Waals surface area contributed by atoms with Gasteiger partial charge < -0.3 is 19.1 Å². The molecule has 0 aromatic heterocycles. The van der Waals surface area contributed by atoms with E-state index in [1.165, 1.54) is 38.4 Å². The van der Waals surface area contributed by atoms with Crippen molar-refractivity contribution in [1.29, 1.82) is 0 Å². The largest absolute Gasteiger partial charge is 0.497 e. The normalized spacial score (nSPS) is 13.0. The van der Waals surface area contributed by atoms with Gasteiger partial charge >= 0.3 is 0 Å². The van der Waals surface area contributed by atoms with E-state index >= 15 is 13.2 Å². The van der Waals surface area contributed by atoms with E-state index in [2.05, 4.69) is 0 Å². The van der Waals surface area contributed by atoms with Crippen molar-refractivity contribution in [2.24, 2.45) is 0 Å². The lowest BCUT2D eigenvalue weighted by Crippen LogP contribution is -2.35. The highest BCUT2D eigenvalue weighted by Gasteiger charge is 2.43. The molecule has 232 valence electrons. The van der Waals surface area contributed by atoms with Gasteiger partial charge in [-0.2, -0.15) is 0 Å². The summed E-state index contributed by atoms with van der Waals surface area (Å²) in [5, 5.41) is -0.712. The smallest absolute Gasteiger partial charge is 0.238 e. The molecule has 0 N–H and O–H groups in total. The van der Waals surface area contributed by atoms with Gasteiger partial charge in [0.15, 0.2) is 11.6 Å². The van der Waals surface area contributed by atoms with Gasteiger partial charge in [-0.3, -0.25) is 4.31 Å². The monoisotopic (exact) mass is 738 g/mol. The van der Waals surface area contributed by atoms with E-state index in [-0.39, 0.29) is 30.2 Å². The van der Waals surface area contributed by atoms with Crippen molar-refractivity contribution in [1.82, 2.24) is 0 Å². The number of hydrogen-bond donors (Lipinski definition) is 0. The maximum Gasteiger partial charge on any atom is 0.238 e. The number of nitrogens with zero attached hydrogens (tertiary/aromatic N) is 2. The molecule has 4 aromatic rings. The number of halogens is 4. The Morgan fingerprint density at radius 1 is 0.750 bits per heavy atom. The molecule has 0 amide bonds. The molecule has 0 spiro atoms. The second kappa shape index (κ2) is 13.1. The van der Waals surface area contributed by atoms with Crippen molar-refractivity contribution in [3.63, 3.8) is 0 Å². The molecule has 0 saturated heterocycles. The second-order valence-electron chi connectivity index (χ2n) is 10.2. The molecule has 7 nitrogen and oxygen atoms in total. The number of hydrogen-bond acceptors (Lipinski definition) is 6. The topological polar surface area (TPSA) is 68.3 Å². The van der Waals surface area contributed by atoms with Crippen LogP contribution in [0.1, 0.15) is 24.0 Å². The third-order valence-corrected chi connectivity index (χ3v) is 10.2. The van der Waals surface area contributed by atoms with Crippen LogP contribution in [0.2, 0.25) is 0 Å². The van der Waals surface area contributed by atoms with E-state index in [0.29, 0.717) is 39.0 Å². The molecule has 0 heterocycles. The maximum atomic E-state index is 16.3. The quantitative estimate of drug-likeness (QED) is 0.140. The highest BCUT2D eigenvalue weighted by molar-refractivity contribution is 14.1. The summed E-state index contributed by atoms with van der Waals surface area (Å²) in [6.45, 7) is -0.360. The van der Waals surface area contributed by atoms with Crippen molar-refractivity contribution in [2.45, 2.75) is 31.2 Å². The molecule has 5 rings (SSSR count). The molecule has 0 radical (unpaired) electrons. The Morgan fingerprint density at radius 3 is 1.82 bits per heavy atom. The fourth-order valence-corrected chi connectivity index (χ4v) is 7.17. The molecule has 0 aliphatic heterocycles. The van der Waals surface area contributed by atoms with E-state index in [9.17, 15) is 8.42 Å². The van der Waals surface area contributed by atoms with Crippen molar-refractivity contribution in [3.8, 4) is 17.2 Å². The van der Waals surface area contributed by atoms with E-state index < -0.39 is 38.4 Å². The lowest BCUT2D eigenvalue weighted by Gasteiger charge is -2.34. The first kappa shape index (κ1) is 31.8. The van der Waals surface area contributed by atoms with Crippen LogP contribution in [-0.4, -0.2) is 35.0 Å². The lowest BCUT2D eigenvalue weighted by atomic mass is 10.1. The molecule has 44 heavy (non-hydrogen) atoms. The van der Waals surface area contributed by atoms with Crippen LogP contribution in [0.15, 0.2) is 72.8 Å². The van der Waals surface area contributed by atoms with Gasteiger partial charge in [-0.1, -0.05) is 24.3 Å². The van der Waals surface area contributed by atoms with Crippen LogP contribution in [0, 0.1) is 21.0 Å². The number of benzene rings is 4. The Kier molecular flexibility index (Phi) is 9.49. The molecule has 0 bridgehead atoms. The molecule has 1 aliphatic carbocycles. The molecule has 1 fully saturated rings. The summed E-state index contributed by atoms with van der Waals surface area (Å²) in [5.74, 6) is -2.41. The van der Waals surface area contributed by atoms with Gasteiger partial charge in [0.05, 0.1) is 38.8 Å². The standard InChI is InChI=1S/C32H30F3IN2O5S/c1-41-23-9-4-20(5-10-23)18-37(28-15-8-22(36)16-26(28)33)32-30(35)27(34)17-29(43-3)31(32)38(44(39,40)25-13-14-25)19-21-6-11-24(42-2)12-7-21/h4-12,15-17,25H,13-14,18-19H2,1-3H3. The molecule has 4 aromatic carbocycles. The zero-order valence-electron chi connectivity index (χ0n) is 24.2. The van der Waals surface area contributed by atoms with E-state index in [4.69, 9.17) is 14.2 Å². The number of ether oxygens (including phenoxy) is 3. The third kappa shape index (κ3) is 6.55. The minimum atomic E-state index is -4.10. The van der Waals surface area contributed by atoms with Crippen LogP contribution in [0.4, 0.5) is 30.2 Å². The maximum absolute atomic E-state index is 16.3. The van der Waals surface area contributed by atoms with Gasteiger partial charge in [0.2, 0.25) is 10.0 Å². The van der Waals surface area contributed by atoms with Crippen molar-refractivity contribution in [3.05, 3.63) is 105 Å². The predicted molar refractivity (Wildman–Crippen MR) is 172 cm³/mol. The zero-order valence-corrected chi connectivity index (χ0v) is 27.2. The zero-order chi connectivity index (χ0) is 31.6. The van der Waals surface area contributed by atoms with Crippen molar-refractivity contribution >= 4 is 49.7 Å². The first-order chi connectivity index (χ1) is 21.1. The highest BCUT2D eigenvalue weighted by atomic mass is 127. The van der Waals surface area contributed by atoms with Gasteiger partial charge in [0, 0.05) is 16.2 Å². The Balaban J connectivity index is 1.77. The van der Waals surface area contributed by atoms with Gasteiger partial charge in [0.1, 0.15) is 34.4 Å². The lowest BCUT2D eigenvalue weighted by molar-refractivity contribution is 0.407. The van der Waals surface area contributed by atoms with Gasteiger partial charge in [0.25, 0.3) is 0 Å². The summed E-state index contributed by atoms with van der Waals surface area (Å²) >= 11 is 1.95. The third-order valence-electron chi connectivity index (χ3n) is 7.31. The van der Waals surface area contributed by atoms with Gasteiger partial charge in [-0.25, -0.2) is 21.6 Å². The predicted octanol–water partition coefficient (Wildman–Crippen LogP) is 7.57. The summed E-state index contributed by atoms with van der Waals surface area (Å²) in [6.07, 6.45) is 0.841. The highest BCUT2D eigenvalue weighted by Crippen LogP contribution is 2.49. The number of rotatable bonds is 12. The number of anilines is 3. The Bertz CT molecular complexity index is 1750. The molecular weight excluding hydrogens is 708 g/mol. The first-order valence-electron chi connectivity index (χ1n) is 13.6. The van der Waals surface area contributed by atoms with Crippen molar-refractivity contribution in [2.75, 3.05) is 30.5 Å². The average molecular weight is 739 g/mol. The summed E-state index contributed by atoms with van der Waals surface area (Å²) in [7, 11) is 0.172. The molecule has 1 aliphatic rings. The SMILES string of the molecule is COc1ccc(CN(c2ccc(I)cc2F)c2c(F)c(F)cc(OC)c2N(Cc2ccc(OC)cc2)S(=O)(=O)C2CC2)cc1. The number of sulfonamides is 1. The summed E-state index contributed by atoms with van der Waals surface area (Å²) < 4.78 is 93.1. The summed E-state index contributed by atoms with van der Waals surface area (Å²) in [6, 6.07) is 18.7. The average Bonchev–Trinajstić information content (AvgIpc) is 3.88. The fraction of sp³-hybridized carbons (Fsp3) is 0.250. The van der Waals surface area contributed by atoms with Crippen LogP contribution >= 0.6 is 22.6 Å². The van der Waals surface area contributed by atoms with E-state index in [1.807, 2.05) is 22.6 Å². The van der Waals surface area contributed by atoms with Crippen LogP contribution in [-0.2, 0) is 23.1 Å². The number of methoxy groups -OCH3 is 3. The Labute approximate surface area is 268 Å². The fourth-order valence-electron chi connectivity index (χ4n) is 4.86. The summed E-state index contributed by atoms with van der Waals surface area (Å²) in [4.78, 5) is 1.24. The molecule has 0 unspecified atom stereocenters. The molecular formula is C32H30F3IN2O5S. The van der Waals surface area contributed by atoms with Crippen LogP contribution < -0.4 is 23.4 Å². The minimum Gasteiger partial charge on any atom is -0.497 e. The van der Waals surface area contributed by atoms with Gasteiger partial charge in [-0.05, 0) is 89.0 Å². The van der Waals surface area contributed by atoms with Crippen molar-refractivity contribution < 1.29 is 35.8 Å². The second-order valence-corrected chi connectivity index (χ2v) is 13.6. The molecule has 12 heteroatoms. The van der Waals surface area contributed by atoms with Crippen LogP contribution in [0.3, 0.4) is 0 Å². The first-order valence-corrected chi connectivity index (χ1v) is 16.2. The van der Waals surface area contributed by atoms with E-state index in [1.54, 1.807) is 54.6 Å². The molecule has 1 saturated carbocycles. The minimum absolute atomic E-state index is 0.0812. The summed E-state index contributed by atoms with van der Waals surface area (Å²) in [5.41, 5.74) is 0.373. The van der Waals surface area contributed by atoms with Crippen LogP contribution in [0.5, 0.6) is 17.2 Å². The Hall–Kier alpha value is -3.65. The van der Waals surface area contributed by atoms with E-state index in [0.717, 1.165) is 10.4 Å². The Morgan fingerprint density at radius 2 is 1.32 bits per heavy atom. The van der Waals surface area contributed by atoms with Crippen LogP contribution in [0.25, 0.3) is 0 Å².